The number of aliphatic hydroxyl groups is 3. The Balaban J connectivity index is 6.30. The number of aliphatic hydroxyl groups excluding tert-OH is 3. The molecule has 6 N–H and O–H groups in total. The van der Waals surface area contributed by atoms with Crippen molar-refractivity contribution in [2.75, 3.05) is 66.3 Å². The molecule has 0 saturated carbocycles. The quantitative estimate of drug-likeness (QED) is 0.0233. The Labute approximate surface area is 321 Å². The fourth-order valence-corrected chi connectivity index (χ4v) is 8.83. The molecule has 13 nitrogen and oxygen atoms in total. The van der Waals surface area contributed by atoms with E-state index in [1.807, 2.05) is 0 Å². The molecule has 3 unspecified atom stereocenters. The molecular formula is C39H78NO12Si+. The summed E-state index contributed by atoms with van der Waals surface area (Å²) in [5.74, 6) is -4.00. The van der Waals surface area contributed by atoms with Gasteiger partial charge in [-0.3, -0.25) is 14.4 Å². The SMILES string of the molecule is CCCCCCCCCC[N+](C)(CCCCCCCCCC)CCC[Si](OCC(C)(CO)C(=O)O)(OCC(C)(CO)C(=O)O)OCC(C)(CO)C(=O)O. The third-order valence-electron chi connectivity index (χ3n) is 10.7. The zero-order valence-corrected chi connectivity index (χ0v) is 35.2. The van der Waals surface area contributed by atoms with Crippen molar-refractivity contribution < 1.29 is 62.8 Å². The van der Waals surface area contributed by atoms with Crippen LogP contribution < -0.4 is 0 Å². The molecule has 0 saturated heterocycles. The maximum atomic E-state index is 12.1. The zero-order chi connectivity index (χ0) is 40.4. The number of carboxylic acids is 3. The number of carbonyl (C=O) groups is 3. The predicted molar refractivity (Wildman–Crippen MR) is 208 cm³/mol. The average Bonchev–Trinajstić information content (AvgIpc) is 3.13. The first-order chi connectivity index (χ1) is 25.0. The molecular weight excluding hydrogens is 703 g/mol. The van der Waals surface area contributed by atoms with Crippen molar-refractivity contribution in [1.82, 2.24) is 0 Å². The van der Waals surface area contributed by atoms with Crippen molar-refractivity contribution in [3.8, 4) is 0 Å². The van der Waals surface area contributed by atoms with E-state index in [2.05, 4.69) is 20.9 Å². The lowest BCUT2D eigenvalue weighted by molar-refractivity contribution is -0.910. The standard InChI is InChI=1S/C39H77NO12Si/c1-7-9-11-13-15-17-19-21-24-40(6,25-22-20-18-16-14-12-10-8-2)26-23-27-53(50-31-37(3,28-41)34(44)45,51-32-38(4,29-42)35(46)47)52-33-39(5,30-43)36(48)49/h41-43H,7-33H2,1-6H3,(H2-,44,45,46,47,48,49)/p+1. The lowest BCUT2D eigenvalue weighted by atomic mass is 9.94. The molecule has 0 amide bonds. The molecule has 0 aromatic carbocycles. The molecule has 53 heavy (non-hydrogen) atoms. The van der Waals surface area contributed by atoms with Gasteiger partial charge in [0.05, 0.1) is 66.3 Å². The van der Waals surface area contributed by atoms with Gasteiger partial charge in [0, 0.05) is 12.5 Å². The number of hydrogen-bond donors (Lipinski definition) is 6. The van der Waals surface area contributed by atoms with E-state index >= 15 is 0 Å². The molecule has 0 rings (SSSR count). The van der Waals surface area contributed by atoms with Gasteiger partial charge in [0.25, 0.3) is 0 Å². The summed E-state index contributed by atoms with van der Waals surface area (Å²) in [5.41, 5.74) is -5.28. The Bertz CT molecular complexity index is 920. The minimum absolute atomic E-state index is 0.0963. The number of rotatable bonds is 37. The maximum Gasteiger partial charge on any atom is 0.501 e. The first kappa shape index (κ1) is 51.3. The van der Waals surface area contributed by atoms with Gasteiger partial charge < -0.3 is 48.4 Å². The van der Waals surface area contributed by atoms with Gasteiger partial charge in [-0.15, -0.1) is 0 Å². The smallest absolute Gasteiger partial charge is 0.481 e. The van der Waals surface area contributed by atoms with Crippen LogP contribution in [0.25, 0.3) is 0 Å². The van der Waals surface area contributed by atoms with E-state index in [0.717, 1.165) is 43.3 Å². The van der Waals surface area contributed by atoms with E-state index < -0.39 is 82.6 Å². The average molecular weight is 781 g/mol. The van der Waals surface area contributed by atoms with E-state index in [1.165, 1.54) is 97.8 Å². The highest BCUT2D eigenvalue weighted by molar-refractivity contribution is 6.60. The summed E-state index contributed by atoms with van der Waals surface area (Å²) in [5, 5.41) is 59.5. The van der Waals surface area contributed by atoms with Crippen molar-refractivity contribution in [3.05, 3.63) is 0 Å². The first-order valence-electron chi connectivity index (χ1n) is 20.2. The second kappa shape index (κ2) is 27.0. The minimum atomic E-state index is -4.16. The summed E-state index contributed by atoms with van der Waals surface area (Å²) in [6.07, 6.45) is 19.8. The van der Waals surface area contributed by atoms with E-state index in [1.54, 1.807) is 0 Å². The monoisotopic (exact) mass is 781 g/mol. The largest absolute Gasteiger partial charge is 0.501 e. The number of carboxylic acid groups (broad SMARTS) is 3. The van der Waals surface area contributed by atoms with Crippen molar-refractivity contribution in [2.45, 2.75) is 150 Å². The molecule has 314 valence electrons. The Morgan fingerprint density at radius 3 is 1.02 bits per heavy atom. The number of hydrogen-bond acceptors (Lipinski definition) is 9. The Morgan fingerprint density at radius 2 is 0.755 bits per heavy atom. The molecule has 0 aliphatic rings. The molecule has 3 atom stereocenters. The lowest BCUT2D eigenvalue weighted by Crippen LogP contribution is -2.55. The number of unbranched alkanes of at least 4 members (excludes halogenated alkanes) is 14. The van der Waals surface area contributed by atoms with Gasteiger partial charge in [-0.1, -0.05) is 90.9 Å². The molecule has 0 bridgehead atoms. The van der Waals surface area contributed by atoms with Crippen LogP contribution in [0, 0.1) is 16.2 Å². The van der Waals surface area contributed by atoms with Crippen LogP contribution in [0.1, 0.15) is 144 Å². The van der Waals surface area contributed by atoms with Crippen LogP contribution in [-0.2, 0) is 27.7 Å². The van der Waals surface area contributed by atoms with Gasteiger partial charge in [-0.25, -0.2) is 0 Å². The third kappa shape index (κ3) is 20.2. The Morgan fingerprint density at radius 1 is 0.491 bits per heavy atom. The maximum absolute atomic E-state index is 12.1. The van der Waals surface area contributed by atoms with Crippen molar-refractivity contribution in [2.24, 2.45) is 16.2 Å². The normalized spacial score (nSPS) is 16.7. The summed E-state index contributed by atoms with van der Waals surface area (Å²) in [4.78, 5) is 36.3. The van der Waals surface area contributed by atoms with Gasteiger partial charge in [0.15, 0.2) is 0 Å². The van der Waals surface area contributed by atoms with Crippen LogP contribution in [0.5, 0.6) is 0 Å². The molecule has 0 aromatic heterocycles. The van der Waals surface area contributed by atoms with Crippen LogP contribution in [0.15, 0.2) is 0 Å². The summed E-state index contributed by atoms with van der Waals surface area (Å²) < 4.78 is 19.4. The molecule has 0 heterocycles. The molecule has 0 fully saturated rings. The topological polar surface area (TPSA) is 200 Å². The second-order valence-corrected chi connectivity index (χ2v) is 19.2. The van der Waals surface area contributed by atoms with Gasteiger partial charge in [-0.05, 0) is 46.5 Å². The van der Waals surface area contributed by atoms with Gasteiger partial charge in [-0.2, -0.15) is 0 Å². The van der Waals surface area contributed by atoms with Crippen LogP contribution in [0.4, 0.5) is 0 Å². The molecule has 0 radical (unpaired) electrons. The van der Waals surface area contributed by atoms with Crippen molar-refractivity contribution in [3.63, 3.8) is 0 Å². The van der Waals surface area contributed by atoms with E-state index in [9.17, 15) is 45.0 Å². The van der Waals surface area contributed by atoms with E-state index in [0.29, 0.717) is 13.0 Å². The lowest BCUT2D eigenvalue weighted by Gasteiger charge is -2.38. The number of nitrogens with zero attached hydrogens (tertiary/aromatic N) is 1. The molecule has 0 aromatic rings. The Kier molecular flexibility index (Phi) is 26.2. The van der Waals surface area contributed by atoms with Gasteiger partial charge >= 0.3 is 26.7 Å². The summed E-state index contributed by atoms with van der Waals surface area (Å²) >= 11 is 0. The van der Waals surface area contributed by atoms with Crippen LogP contribution in [0.2, 0.25) is 6.04 Å². The third-order valence-corrected chi connectivity index (χ3v) is 13.4. The van der Waals surface area contributed by atoms with Crippen molar-refractivity contribution >= 4 is 26.7 Å². The van der Waals surface area contributed by atoms with Gasteiger partial charge in [0.1, 0.15) is 16.2 Å². The highest BCUT2D eigenvalue weighted by Gasteiger charge is 2.50. The second-order valence-electron chi connectivity index (χ2n) is 16.5. The van der Waals surface area contributed by atoms with Gasteiger partial charge in [0.2, 0.25) is 0 Å². The zero-order valence-electron chi connectivity index (χ0n) is 34.2. The van der Waals surface area contributed by atoms with Crippen LogP contribution in [0.3, 0.4) is 0 Å². The minimum Gasteiger partial charge on any atom is -0.481 e. The van der Waals surface area contributed by atoms with E-state index in [-0.39, 0.29) is 6.04 Å². The number of aliphatic carboxylic acids is 3. The molecule has 0 aliphatic carbocycles. The van der Waals surface area contributed by atoms with E-state index in [4.69, 9.17) is 13.3 Å². The Hall–Kier alpha value is -1.65. The fraction of sp³-hybridized carbons (Fsp3) is 0.923. The summed E-state index contributed by atoms with van der Waals surface area (Å²) in [6.45, 7) is 6.95. The first-order valence-corrected chi connectivity index (χ1v) is 22.2. The fourth-order valence-electron chi connectivity index (χ4n) is 5.94. The summed E-state index contributed by atoms with van der Waals surface area (Å²) in [7, 11) is -1.93. The van der Waals surface area contributed by atoms with Crippen LogP contribution >= 0.6 is 0 Å². The summed E-state index contributed by atoms with van der Waals surface area (Å²) in [6, 6.07) is 0.0963. The highest BCUT2D eigenvalue weighted by atomic mass is 28.4. The predicted octanol–water partition coefficient (Wildman–Crippen LogP) is 6.34. The molecule has 14 heteroatoms. The highest BCUT2D eigenvalue weighted by Crippen LogP contribution is 2.30. The van der Waals surface area contributed by atoms with Crippen molar-refractivity contribution in [1.29, 1.82) is 0 Å². The number of quaternary nitrogens is 1. The van der Waals surface area contributed by atoms with Crippen LogP contribution in [-0.4, -0.2) is 128 Å². The molecule has 0 spiro atoms. The molecule has 0 aliphatic heterocycles.